The molecule has 0 bridgehead atoms. The molecule has 1 aromatic heterocycles. The highest BCUT2D eigenvalue weighted by atomic mass is 16.3. The van der Waals surface area contributed by atoms with Crippen LogP contribution in [0.15, 0.2) is 0 Å². The summed E-state index contributed by atoms with van der Waals surface area (Å²) >= 11 is 0. The Morgan fingerprint density at radius 2 is 2.26 bits per heavy atom. The van der Waals surface area contributed by atoms with E-state index in [9.17, 15) is 9.90 Å². The van der Waals surface area contributed by atoms with E-state index in [-0.39, 0.29) is 30.3 Å². The van der Waals surface area contributed by atoms with E-state index >= 15 is 0 Å². The van der Waals surface area contributed by atoms with Gasteiger partial charge in [-0.15, -0.1) is 5.10 Å². The SMILES string of the molecule is CCCc1nc(C(=O)NC2CCCCC2CO)n[nH]1. The molecule has 19 heavy (non-hydrogen) atoms. The van der Waals surface area contributed by atoms with Gasteiger partial charge < -0.3 is 10.4 Å². The number of hydrogen-bond donors (Lipinski definition) is 3. The molecule has 1 fully saturated rings. The molecule has 2 rings (SSSR count). The van der Waals surface area contributed by atoms with Crippen LogP contribution in [0, 0.1) is 5.92 Å². The van der Waals surface area contributed by atoms with Crippen LogP contribution in [0.2, 0.25) is 0 Å². The van der Waals surface area contributed by atoms with Crippen molar-refractivity contribution in [3.05, 3.63) is 11.6 Å². The molecule has 6 heteroatoms. The summed E-state index contributed by atoms with van der Waals surface area (Å²) in [6.45, 7) is 2.18. The van der Waals surface area contributed by atoms with Gasteiger partial charge in [-0.2, -0.15) is 0 Å². The minimum absolute atomic E-state index is 0.0411. The van der Waals surface area contributed by atoms with Gasteiger partial charge in [0.1, 0.15) is 5.82 Å². The second kappa shape index (κ2) is 6.65. The summed E-state index contributed by atoms with van der Waals surface area (Å²) in [5, 5.41) is 19.0. The van der Waals surface area contributed by atoms with Gasteiger partial charge in [0.05, 0.1) is 0 Å². The lowest BCUT2D eigenvalue weighted by Gasteiger charge is -2.30. The van der Waals surface area contributed by atoms with Crippen LogP contribution < -0.4 is 5.32 Å². The number of carbonyl (C=O) groups is 1. The van der Waals surface area contributed by atoms with Gasteiger partial charge in [-0.25, -0.2) is 4.98 Å². The number of aromatic nitrogens is 3. The first-order valence-electron chi connectivity index (χ1n) is 7.07. The lowest BCUT2D eigenvalue weighted by Crippen LogP contribution is -2.43. The normalized spacial score (nSPS) is 23.3. The smallest absolute Gasteiger partial charge is 0.291 e. The lowest BCUT2D eigenvalue weighted by molar-refractivity contribution is 0.0862. The molecule has 0 aromatic carbocycles. The van der Waals surface area contributed by atoms with E-state index in [0.29, 0.717) is 0 Å². The summed E-state index contributed by atoms with van der Waals surface area (Å²) in [6.07, 6.45) is 5.86. The van der Waals surface area contributed by atoms with Crippen LogP contribution in [0.5, 0.6) is 0 Å². The average molecular weight is 266 g/mol. The summed E-state index contributed by atoms with van der Waals surface area (Å²) in [6, 6.07) is 0.0411. The number of aliphatic hydroxyl groups excluding tert-OH is 1. The molecule has 1 aromatic rings. The third-order valence-electron chi connectivity index (χ3n) is 3.68. The van der Waals surface area contributed by atoms with Crippen LogP contribution >= 0.6 is 0 Å². The number of amides is 1. The topological polar surface area (TPSA) is 90.9 Å². The number of carbonyl (C=O) groups excluding carboxylic acids is 1. The van der Waals surface area contributed by atoms with E-state index in [1.807, 2.05) is 0 Å². The molecule has 1 heterocycles. The summed E-state index contributed by atoms with van der Waals surface area (Å²) in [5.74, 6) is 0.858. The Labute approximate surface area is 113 Å². The van der Waals surface area contributed by atoms with Gasteiger partial charge in [0.2, 0.25) is 5.82 Å². The third-order valence-corrected chi connectivity index (χ3v) is 3.68. The highest BCUT2D eigenvalue weighted by Gasteiger charge is 2.27. The second-order valence-electron chi connectivity index (χ2n) is 5.16. The number of aliphatic hydroxyl groups is 1. The van der Waals surface area contributed by atoms with Crippen molar-refractivity contribution in [2.45, 2.75) is 51.5 Å². The van der Waals surface area contributed by atoms with Gasteiger partial charge in [-0.3, -0.25) is 9.89 Å². The van der Waals surface area contributed by atoms with Gasteiger partial charge in [-0.1, -0.05) is 19.8 Å². The van der Waals surface area contributed by atoms with Gasteiger partial charge in [0.15, 0.2) is 0 Å². The highest BCUT2D eigenvalue weighted by molar-refractivity contribution is 5.90. The lowest BCUT2D eigenvalue weighted by atomic mass is 9.85. The van der Waals surface area contributed by atoms with Gasteiger partial charge in [0, 0.05) is 25.0 Å². The Morgan fingerprint density at radius 1 is 1.47 bits per heavy atom. The fourth-order valence-corrected chi connectivity index (χ4v) is 2.59. The molecule has 1 saturated carbocycles. The van der Waals surface area contributed by atoms with Crippen LogP contribution in [0.3, 0.4) is 0 Å². The second-order valence-corrected chi connectivity index (χ2v) is 5.16. The first kappa shape index (κ1) is 14.0. The molecule has 1 aliphatic carbocycles. The van der Waals surface area contributed by atoms with E-state index in [4.69, 9.17) is 0 Å². The zero-order valence-corrected chi connectivity index (χ0v) is 11.4. The average Bonchev–Trinajstić information content (AvgIpc) is 2.88. The van der Waals surface area contributed by atoms with Gasteiger partial charge in [0.25, 0.3) is 5.91 Å². The molecular weight excluding hydrogens is 244 g/mol. The van der Waals surface area contributed by atoms with Crippen LogP contribution in [-0.2, 0) is 6.42 Å². The van der Waals surface area contributed by atoms with E-state index in [1.54, 1.807) is 0 Å². The molecule has 2 atom stereocenters. The molecule has 2 unspecified atom stereocenters. The van der Waals surface area contributed by atoms with Crippen molar-refractivity contribution >= 4 is 5.91 Å². The van der Waals surface area contributed by atoms with Crippen LogP contribution in [0.4, 0.5) is 0 Å². The summed E-state index contributed by atoms with van der Waals surface area (Å²) in [5.41, 5.74) is 0. The van der Waals surface area contributed by atoms with E-state index in [1.165, 1.54) is 0 Å². The number of hydrogen-bond acceptors (Lipinski definition) is 4. The molecule has 1 amide bonds. The van der Waals surface area contributed by atoms with Crippen molar-refractivity contribution < 1.29 is 9.90 Å². The monoisotopic (exact) mass is 266 g/mol. The largest absolute Gasteiger partial charge is 0.396 e. The Hall–Kier alpha value is -1.43. The number of aromatic amines is 1. The Morgan fingerprint density at radius 3 is 3.00 bits per heavy atom. The van der Waals surface area contributed by atoms with Crippen molar-refractivity contribution in [1.29, 1.82) is 0 Å². The standard InChI is InChI=1S/C13H22N4O2/c1-2-5-11-15-12(17-16-11)13(19)14-10-7-4-3-6-9(10)8-18/h9-10,18H,2-8H2,1H3,(H,14,19)(H,15,16,17). The van der Waals surface area contributed by atoms with Crippen molar-refractivity contribution in [3.63, 3.8) is 0 Å². The maximum atomic E-state index is 12.1. The van der Waals surface area contributed by atoms with E-state index < -0.39 is 0 Å². The minimum Gasteiger partial charge on any atom is -0.396 e. The van der Waals surface area contributed by atoms with Crippen molar-refractivity contribution in [2.75, 3.05) is 6.61 Å². The quantitative estimate of drug-likeness (QED) is 0.742. The van der Waals surface area contributed by atoms with Crippen molar-refractivity contribution in [2.24, 2.45) is 5.92 Å². The van der Waals surface area contributed by atoms with Crippen LogP contribution in [-0.4, -0.2) is 38.8 Å². The minimum atomic E-state index is -0.246. The third kappa shape index (κ3) is 3.53. The number of nitrogens with one attached hydrogen (secondary N) is 2. The van der Waals surface area contributed by atoms with E-state index in [2.05, 4.69) is 27.4 Å². The first-order valence-corrected chi connectivity index (χ1v) is 7.07. The van der Waals surface area contributed by atoms with Crippen LogP contribution in [0.25, 0.3) is 0 Å². The summed E-state index contributed by atoms with van der Waals surface area (Å²) in [7, 11) is 0. The molecule has 0 aliphatic heterocycles. The number of aryl methyl sites for hydroxylation is 1. The zero-order valence-electron chi connectivity index (χ0n) is 11.4. The molecule has 6 nitrogen and oxygen atoms in total. The Kier molecular flexibility index (Phi) is 4.90. The first-order chi connectivity index (χ1) is 9.24. The molecule has 3 N–H and O–H groups in total. The highest BCUT2D eigenvalue weighted by Crippen LogP contribution is 2.24. The molecule has 106 valence electrons. The predicted molar refractivity (Wildman–Crippen MR) is 70.7 cm³/mol. The molecular formula is C13H22N4O2. The van der Waals surface area contributed by atoms with Crippen LogP contribution in [0.1, 0.15) is 55.5 Å². The maximum Gasteiger partial charge on any atom is 0.291 e. The fourth-order valence-electron chi connectivity index (χ4n) is 2.59. The number of nitrogens with zero attached hydrogens (tertiary/aromatic N) is 2. The Bertz CT molecular complexity index is 419. The van der Waals surface area contributed by atoms with Crippen molar-refractivity contribution in [3.8, 4) is 0 Å². The number of rotatable bonds is 5. The molecule has 0 saturated heterocycles. The number of H-pyrrole nitrogens is 1. The zero-order chi connectivity index (χ0) is 13.7. The fraction of sp³-hybridized carbons (Fsp3) is 0.769. The maximum absolute atomic E-state index is 12.1. The summed E-state index contributed by atoms with van der Waals surface area (Å²) in [4.78, 5) is 16.2. The summed E-state index contributed by atoms with van der Waals surface area (Å²) < 4.78 is 0. The van der Waals surface area contributed by atoms with Gasteiger partial charge in [-0.05, 0) is 19.3 Å². The molecule has 0 spiro atoms. The predicted octanol–water partition coefficient (Wildman–Crippen LogP) is 1.04. The van der Waals surface area contributed by atoms with E-state index in [0.717, 1.165) is 44.3 Å². The molecule has 0 radical (unpaired) electrons. The Balaban J connectivity index is 1.95. The van der Waals surface area contributed by atoms with Gasteiger partial charge >= 0.3 is 0 Å². The van der Waals surface area contributed by atoms with Crippen molar-refractivity contribution in [1.82, 2.24) is 20.5 Å². The molecule has 1 aliphatic rings.